The maximum atomic E-state index is 11.9. The minimum Gasteiger partial charge on any atom is -0.384 e. The van der Waals surface area contributed by atoms with Crippen LogP contribution < -0.4 is 11.1 Å². The van der Waals surface area contributed by atoms with E-state index in [1.54, 1.807) is 24.5 Å². The van der Waals surface area contributed by atoms with Gasteiger partial charge in [-0.1, -0.05) is 6.07 Å². The zero-order chi connectivity index (χ0) is 13.7. The molecule has 2 rings (SSSR count). The van der Waals surface area contributed by atoms with E-state index in [4.69, 9.17) is 5.73 Å². The molecule has 2 aromatic rings. The molecular formula is C14H16N4O. The van der Waals surface area contributed by atoms with E-state index in [0.29, 0.717) is 11.4 Å². The van der Waals surface area contributed by atoms with E-state index >= 15 is 0 Å². The maximum absolute atomic E-state index is 11.9. The predicted octanol–water partition coefficient (Wildman–Crippen LogP) is 1.42. The van der Waals surface area contributed by atoms with E-state index < -0.39 is 0 Å². The number of carbonyl (C=O) groups is 1. The highest BCUT2D eigenvalue weighted by Crippen LogP contribution is 2.04. The molecule has 2 heterocycles. The van der Waals surface area contributed by atoms with Gasteiger partial charge >= 0.3 is 0 Å². The van der Waals surface area contributed by atoms with Gasteiger partial charge in [0.1, 0.15) is 5.82 Å². The molecule has 98 valence electrons. The molecular weight excluding hydrogens is 240 g/mol. The van der Waals surface area contributed by atoms with Crippen LogP contribution in [0.5, 0.6) is 0 Å². The molecule has 3 N–H and O–H groups in total. The second-order valence-electron chi connectivity index (χ2n) is 4.41. The molecule has 5 heteroatoms. The van der Waals surface area contributed by atoms with Crippen molar-refractivity contribution in [2.75, 3.05) is 5.73 Å². The molecule has 19 heavy (non-hydrogen) atoms. The average molecular weight is 256 g/mol. The van der Waals surface area contributed by atoms with Crippen LogP contribution in [0.25, 0.3) is 0 Å². The van der Waals surface area contributed by atoms with Gasteiger partial charge in [0.05, 0.1) is 5.56 Å². The Balaban J connectivity index is 1.93. The number of rotatable bonds is 4. The lowest BCUT2D eigenvalue weighted by molar-refractivity contribution is 0.0940. The third kappa shape index (κ3) is 3.77. The maximum Gasteiger partial charge on any atom is 0.253 e. The van der Waals surface area contributed by atoms with Crippen LogP contribution in [-0.2, 0) is 6.42 Å². The lowest BCUT2D eigenvalue weighted by Crippen LogP contribution is -2.34. The predicted molar refractivity (Wildman–Crippen MR) is 73.5 cm³/mol. The first-order chi connectivity index (χ1) is 9.15. The van der Waals surface area contributed by atoms with Gasteiger partial charge in [-0.25, -0.2) is 4.98 Å². The van der Waals surface area contributed by atoms with Gasteiger partial charge in [-0.3, -0.25) is 9.78 Å². The third-order valence-electron chi connectivity index (χ3n) is 2.69. The molecule has 0 aliphatic heterocycles. The molecule has 1 amide bonds. The molecule has 2 aromatic heterocycles. The molecule has 0 radical (unpaired) electrons. The first-order valence-corrected chi connectivity index (χ1v) is 6.06. The van der Waals surface area contributed by atoms with Gasteiger partial charge in [0.15, 0.2) is 0 Å². The summed E-state index contributed by atoms with van der Waals surface area (Å²) in [5.74, 6) is 0.254. The van der Waals surface area contributed by atoms with E-state index in [-0.39, 0.29) is 11.9 Å². The molecule has 1 atom stereocenters. The Bertz CT molecular complexity index is 539. The molecule has 0 aromatic carbocycles. The summed E-state index contributed by atoms with van der Waals surface area (Å²) in [6.07, 6.45) is 5.74. The lowest BCUT2D eigenvalue weighted by Gasteiger charge is -2.13. The topological polar surface area (TPSA) is 80.9 Å². The summed E-state index contributed by atoms with van der Waals surface area (Å²) in [6, 6.07) is 7.16. The number of aromatic nitrogens is 2. The number of hydrogen-bond acceptors (Lipinski definition) is 4. The van der Waals surface area contributed by atoms with Crippen LogP contribution in [0.15, 0.2) is 42.9 Å². The summed E-state index contributed by atoms with van der Waals surface area (Å²) in [7, 11) is 0. The van der Waals surface area contributed by atoms with Crippen LogP contribution in [0.4, 0.5) is 5.82 Å². The molecule has 0 spiro atoms. The number of nitrogens with zero attached hydrogens (tertiary/aromatic N) is 2. The molecule has 0 saturated heterocycles. The van der Waals surface area contributed by atoms with E-state index in [9.17, 15) is 4.79 Å². The van der Waals surface area contributed by atoms with Crippen molar-refractivity contribution in [2.45, 2.75) is 19.4 Å². The summed E-state index contributed by atoms with van der Waals surface area (Å²) < 4.78 is 0. The Kier molecular flexibility index (Phi) is 4.07. The van der Waals surface area contributed by atoms with Gasteiger partial charge in [0, 0.05) is 24.6 Å². The second-order valence-corrected chi connectivity index (χ2v) is 4.41. The van der Waals surface area contributed by atoms with Crippen LogP contribution in [0.1, 0.15) is 22.8 Å². The SMILES string of the molecule is CC(Cc1cccnc1)NC(=O)c1ccc(N)nc1. The van der Waals surface area contributed by atoms with Crippen molar-refractivity contribution in [3.8, 4) is 0 Å². The quantitative estimate of drug-likeness (QED) is 0.867. The average Bonchev–Trinajstić information content (AvgIpc) is 2.40. The van der Waals surface area contributed by atoms with Gasteiger partial charge in [-0.2, -0.15) is 0 Å². The standard InChI is InChI=1S/C14H16N4O/c1-10(7-11-3-2-6-16-8-11)18-14(19)12-4-5-13(15)17-9-12/h2-6,8-10H,7H2,1H3,(H2,15,17)(H,18,19). The lowest BCUT2D eigenvalue weighted by atomic mass is 10.1. The number of hydrogen-bond donors (Lipinski definition) is 2. The highest BCUT2D eigenvalue weighted by Gasteiger charge is 2.10. The fourth-order valence-electron chi connectivity index (χ4n) is 1.77. The minimum atomic E-state index is -0.149. The van der Waals surface area contributed by atoms with Crippen molar-refractivity contribution in [3.63, 3.8) is 0 Å². The highest BCUT2D eigenvalue weighted by atomic mass is 16.1. The first-order valence-electron chi connectivity index (χ1n) is 6.06. The monoisotopic (exact) mass is 256 g/mol. The van der Waals surface area contributed by atoms with Crippen molar-refractivity contribution in [3.05, 3.63) is 54.0 Å². The van der Waals surface area contributed by atoms with E-state index in [1.165, 1.54) is 6.20 Å². The number of nitrogen functional groups attached to an aromatic ring is 1. The molecule has 0 aliphatic rings. The number of anilines is 1. The van der Waals surface area contributed by atoms with Crippen LogP contribution in [-0.4, -0.2) is 21.9 Å². The number of amides is 1. The summed E-state index contributed by atoms with van der Waals surface area (Å²) in [6.45, 7) is 1.95. The van der Waals surface area contributed by atoms with Crippen molar-refractivity contribution in [1.82, 2.24) is 15.3 Å². The normalized spacial score (nSPS) is 11.8. The molecule has 0 aliphatic carbocycles. The highest BCUT2D eigenvalue weighted by molar-refractivity contribution is 5.94. The summed E-state index contributed by atoms with van der Waals surface area (Å²) in [4.78, 5) is 19.9. The molecule has 0 bridgehead atoms. The largest absolute Gasteiger partial charge is 0.384 e. The number of pyridine rings is 2. The molecule has 0 fully saturated rings. The van der Waals surface area contributed by atoms with Crippen LogP contribution >= 0.6 is 0 Å². The van der Waals surface area contributed by atoms with Gasteiger partial charge < -0.3 is 11.1 Å². The van der Waals surface area contributed by atoms with Crippen LogP contribution in [0, 0.1) is 0 Å². The Morgan fingerprint density at radius 3 is 2.84 bits per heavy atom. The minimum absolute atomic E-state index is 0.0225. The van der Waals surface area contributed by atoms with E-state index in [0.717, 1.165) is 12.0 Å². The molecule has 1 unspecified atom stereocenters. The number of nitrogens with two attached hydrogens (primary N) is 1. The summed E-state index contributed by atoms with van der Waals surface area (Å²) in [5, 5.41) is 2.92. The van der Waals surface area contributed by atoms with Gasteiger partial charge in [0.25, 0.3) is 5.91 Å². The third-order valence-corrected chi connectivity index (χ3v) is 2.69. The van der Waals surface area contributed by atoms with E-state index in [1.807, 2.05) is 19.1 Å². The summed E-state index contributed by atoms with van der Waals surface area (Å²) >= 11 is 0. The van der Waals surface area contributed by atoms with Crippen molar-refractivity contribution in [1.29, 1.82) is 0 Å². The Morgan fingerprint density at radius 2 is 2.21 bits per heavy atom. The fourth-order valence-corrected chi connectivity index (χ4v) is 1.77. The van der Waals surface area contributed by atoms with Crippen molar-refractivity contribution in [2.24, 2.45) is 0 Å². The second kappa shape index (κ2) is 5.95. The van der Waals surface area contributed by atoms with Crippen LogP contribution in [0.2, 0.25) is 0 Å². The van der Waals surface area contributed by atoms with Gasteiger partial charge in [-0.05, 0) is 37.1 Å². The van der Waals surface area contributed by atoms with Gasteiger partial charge in [0.2, 0.25) is 0 Å². The van der Waals surface area contributed by atoms with Crippen molar-refractivity contribution >= 4 is 11.7 Å². The first kappa shape index (κ1) is 13.0. The zero-order valence-corrected chi connectivity index (χ0v) is 10.7. The Hall–Kier alpha value is -2.43. The molecule has 5 nitrogen and oxygen atoms in total. The number of nitrogens with one attached hydrogen (secondary N) is 1. The van der Waals surface area contributed by atoms with Crippen molar-refractivity contribution < 1.29 is 4.79 Å². The van der Waals surface area contributed by atoms with E-state index in [2.05, 4.69) is 15.3 Å². The smallest absolute Gasteiger partial charge is 0.253 e. The number of carbonyl (C=O) groups excluding carboxylic acids is 1. The van der Waals surface area contributed by atoms with Crippen LogP contribution in [0.3, 0.4) is 0 Å². The Morgan fingerprint density at radius 1 is 1.37 bits per heavy atom. The fraction of sp³-hybridized carbons (Fsp3) is 0.214. The summed E-state index contributed by atoms with van der Waals surface area (Å²) in [5.41, 5.74) is 7.08. The molecule has 0 saturated carbocycles. The Labute approximate surface area is 111 Å². The van der Waals surface area contributed by atoms with Gasteiger partial charge in [-0.15, -0.1) is 0 Å². The zero-order valence-electron chi connectivity index (χ0n) is 10.7.